The predicted molar refractivity (Wildman–Crippen MR) is 166 cm³/mol. The number of allylic oxidation sites excluding steroid dienone is 1. The number of benzene rings is 1. The van der Waals surface area contributed by atoms with E-state index in [1.54, 1.807) is 0 Å². The maximum atomic E-state index is 13.3. The lowest BCUT2D eigenvalue weighted by Gasteiger charge is -2.57. The molecule has 2 atom stereocenters. The van der Waals surface area contributed by atoms with Crippen LogP contribution in [0.4, 0.5) is 10.5 Å². The summed E-state index contributed by atoms with van der Waals surface area (Å²) in [5.41, 5.74) is 5.24. The molecule has 6 heteroatoms. The minimum Gasteiger partial charge on any atom is -0.337 e. The molecule has 2 unspecified atom stereocenters. The Hall–Kier alpha value is -2.34. The number of unbranched alkanes of at least 4 members (excludes halogenated alkanes) is 1. The second-order valence-electron chi connectivity index (χ2n) is 13.6. The average molecular weight is 551 g/mol. The number of hydrogen-bond acceptors (Lipinski definition) is 3. The van der Waals surface area contributed by atoms with E-state index in [1.165, 1.54) is 29.5 Å². The molecule has 1 aromatic carbocycles. The number of carbonyl (C=O) groups is 2. The van der Waals surface area contributed by atoms with E-state index in [2.05, 4.69) is 87.9 Å². The molecule has 1 heterocycles. The van der Waals surface area contributed by atoms with Crippen molar-refractivity contribution < 1.29 is 9.59 Å². The molecule has 2 fully saturated rings. The van der Waals surface area contributed by atoms with E-state index in [9.17, 15) is 9.59 Å². The van der Waals surface area contributed by atoms with Gasteiger partial charge in [-0.3, -0.25) is 9.69 Å². The van der Waals surface area contributed by atoms with Gasteiger partial charge in [0.2, 0.25) is 5.91 Å². The summed E-state index contributed by atoms with van der Waals surface area (Å²) < 4.78 is 0. The fourth-order valence-electron chi connectivity index (χ4n) is 6.97. The van der Waals surface area contributed by atoms with Crippen molar-refractivity contribution in [3.63, 3.8) is 0 Å². The molecule has 1 saturated heterocycles. The van der Waals surface area contributed by atoms with Crippen LogP contribution in [0.2, 0.25) is 0 Å². The Labute approximate surface area is 243 Å². The van der Waals surface area contributed by atoms with E-state index in [0.29, 0.717) is 48.6 Å². The van der Waals surface area contributed by atoms with E-state index in [-0.39, 0.29) is 6.03 Å². The molecule has 1 saturated carbocycles. The number of piperazine rings is 1. The first kappa shape index (κ1) is 30.6. The molecule has 1 aromatic rings. The Morgan fingerprint density at radius 3 is 2.25 bits per heavy atom. The molecule has 222 valence electrons. The van der Waals surface area contributed by atoms with Crippen molar-refractivity contribution >= 4 is 17.6 Å². The monoisotopic (exact) mass is 550 g/mol. The summed E-state index contributed by atoms with van der Waals surface area (Å²) in [6.45, 7) is 21.2. The van der Waals surface area contributed by atoms with Gasteiger partial charge in [0, 0.05) is 57.9 Å². The Morgan fingerprint density at radius 1 is 1.05 bits per heavy atom. The van der Waals surface area contributed by atoms with Crippen LogP contribution >= 0.6 is 0 Å². The third-order valence-corrected chi connectivity index (χ3v) is 10.0. The van der Waals surface area contributed by atoms with Gasteiger partial charge in [0.25, 0.3) is 0 Å². The van der Waals surface area contributed by atoms with Gasteiger partial charge in [0.05, 0.1) is 0 Å². The molecule has 0 aromatic heterocycles. The highest BCUT2D eigenvalue weighted by Crippen LogP contribution is 2.59. The minimum absolute atomic E-state index is 0.00308. The fraction of sp³-hybridized carbons (Fsp3) is 0.706. The number of hydrogen-bond donors (Lipinski definition) is 1. The van der Waals surface area contributed by atoms with Crippen molar-refractivity contribution in [1.82, 2.24) is 14.7 Å². The van der Waals surface area contributed by atoms with Crippen molar-refractivity contribution in [2.45, 2.75) is 92.4 Å². The molecule has 3 aliphatic carbocycles. The van der Waals surface area contributed by atoms with Gasteiger partial charge in [-0.1, -0.05) is 84.7 Å². The van der Waals surface area contributed by atoms with Gasteiger partial charge in [-0.2, -0.15) is 0 Å². The van der Waals surface area contributed by atoms with Gasteiger partial charge < -0.3 is 15.1 Å². The van der Waals surface area contributed by atoms with Crippen LogP contribution in [-0.2, 0) is 4.79 Å². The lowest BCUT2D eigenvalue weighted by molar-refractivity contribution is -0.131. The standard InChI is InChI=1S/C34H54N4O2/c1-8-9-13-31(39)38(23-26-14-15-27-22-30(26)34(27,6)7)21-18-36-16-19-37(20-17-36)33(40)35-32-28(24(2)3)11-10-12-29(32)25(4)5/h10-12,14,24-25,27,30H,8-9,13,15-23H2,1-7H3,(H,35,40). The summed E-state index contributed by atoms with van der Waals surface area (Å²) in [6, 6.07) is 6.36. The molecular weight excluding hydrogens is 496 g/mol. The largest absolute Gasteiger partial charge is 0.337 e. The number of amides is 3. The first-order valence-corrected chi connectivity index (χ1v) is 15.9. The zero-order valence-electron chi connectivity index (χ0n) is 26.3. The summed E-state index contributed by atoms with van der Waals surface area (Å²) >= 11 is 0. The van der Waals surface area contributed by atoms with Gasteiger partial charge in [-0.25, -0.2) is 4.79 Å². The molecule has 0 radical (unpaired) electrons. The van der Waals surface area contributed by atoms with E-state index in [0.717, 1.165) is 57.2 Å². The quantitative estimate of drug-likeness (QED) is 0.299. The van der Waals surface area contributed by atoms with E-state index in [4.69, 9.17) is 0 Å². The van der Waals surface area contributed by atoms with Crippen LogP contribution in [0.3, 0.4) is 0 Å². The van der Waals surface area contributed by atoms with Crippen molar-refractivity contribution in [2.75, 3.05) is 51.1 Å². The predicted octanol–water partition coefficient (Wildman–Crippen LogP) is 7.09. The molecule has 3 amide bonds. The molecule has 1 aliphatic heterocycles. The van der Waals surface area contributed by atoms with Crippen LogP contribution in [0.15, 0.2) is 29.8 Å². The van der Waals surface area contributed by atoms with Crippen LogP contribution in [0.25, 0.3) is 0 Å². The van der Waals surface area contributed by atoms with Gasteiger partial charge >= 0.3 is 6.03 Å². The Kier molecular flexibility index (Phi) is 10.0. The SMILES string of the molecule is CCCCC(=O)N(CCN1CCN(C(=O)Nc2c(C(C)C)cccc2C(C)C)CC1)CC1=CCC2CC1C2(C)C. The molecular formula is C34H54N4O2. The van der Waals surface area contributed by atoms with Gasteiger partial charge in [0.1, 0.15) is 0 Å². The fourth-order valence-corrected chi connectivity index (χ4v) is 6.97. The van der Waals surface area contributed by atoms with Crippen LogP contribution < -0.4 is 5.32 Å². The zero-order chi connectivity index (χ0) is 29.0. The maximum absolute atomic E-state index is 13.3. The first-order valence-electron chi connectivity index (χ1n) is 15.9. The highest BCUT2D eigenvalue weighted by atomic mass is 16.2. The second kappa shape index (κ2) is 13.1. The minimum atomic E-state index is -0.00308. The van der Waals surface area contributed by atoms with E-state index >= 15 is 0 Å². The number of anilines is 1. The smallest absolute Gasteiger partial charge is 0.321 e. The molecule has 4 aliphatic rings. The summed E-state index contributed by atoms with van der Waals surface area (Å²) in [5, 5.41) is 3.28. The number of para-hydroxylation sites is 1. The molecule has 2 bridgehead atoms. The van der Waals surface area contributed by atoms with Gasteiger partial charge in [-0.05, 0) is 59.5 Å². The highest BCUT2D eigenvalue weighted by molar-refractivity contribution is 5.91. The highest BCUT2D eigenvalue weighted by Gasteiger charge is 2.51. The Morgan fingerprint density at radius 2 is 1.70 bits per heavy atom. The number of urea groups is 1. The Balaban J connectivity index is 1.32. The number of fused-ring (bicyclic) bond motifs is 1. The second-order valence-corrected chi connectivity index (χ2v) is 13.6. The van der Waals surface area contributed by atoms with Crippen LogP contribution in [0.5, 0.6) is 0 Å². The van der Waals surface area contributed by atoms with Gasteiger partial charge in [-0.15, -0.1) is 0 Å². The normalized spacial score (nSPS) is 22.2. The van der Waals surface area contributed by atoms with E-state index in [1.807, 2.05) is 4.90 Å². The molecule has 0 spiro atoms. The molecule has 5 rings (SSSR count). The lowest BCUT2D eigenvalue weighted by Crippen LogP contribution is -2.53. The Bertz CT molecular complexity index is 1040. The molecule has 1 N–H and O–H groups in total. The van der Waals surface area contributed by atoms with Crippen molar-refractivity contribution in [2.24, 2.45) is 17.3 Å². The molecule has 40 heavy (non-hydrogen) atoms. The first-order chi connectivity index (χ1) is 19.0. The number of nitrogens with zero attached hydrogens (tertiary/aromatic N) is 3. The summed E-state index contributed by atoms with van der Waals surface area (Å²) in [5.74, 6) is 2.43. The summed E-state index contributed by atoms with van der Waals surface area (Å²) in [6.07, 6.45) is 7.54. The number of nitrogens with one attached hydrogen (secondary N) is 1. The van der Waals surface area contributed by atoms with E-state index < -0.39 is 0 Å². The maximum Gasteiger partial charge on any atom is 0.321 e. The molecule has 6 nitrogen and oxygen atoms in total. The lowest BCUT2D eigenvalue weighted by atomic mass is 9.49. The topological polar surface area (TPSA) is 55.9 Å². The third-order valence-electron chi connectivity index (χ3n) is 10.0. The average Bonchev–Trinajstić information content (AvgIpc) is 2.93. The zero-order valence-corrected chi connectivity index (χ0v) is 26.3. The summed E-state index contributed by atoms with van der Waals surface area (Å²) in [7, 11) is 0. The third kappa shape index (κ3) is 6.75. The number of carbonyl (C=O) groups excluding carboxylic acids is 2. The number of rotatable bonds is 11. The van der Waals surface area contributed by atoms with Crippen LogP contribution in [-0.4, -0.2) is 72.5 Å². The van der Waals surface area contributed by atoms with Crippen molar-refractivity contribution in [1.29, 1.82) is 0 Å². The van der Waals surface area contributed by atoms with Crippen LogP contribution in [0, 0.1) is 17.3 Å². The van der Waals surface area contributed by atoms with Crippen LogP contribution in [0.1, 0.15) is 104 Å². The summed E-state index contributed by atoms with van der Waals surface area (Å²) in [4.78, 5) is 33.0. The van der Waals surface area contributed by atoms with Gasteiger partial charge in [0.15, 0.2) is 0 Å². The van der Waals surface area contributed by atoms with Crippen molar-refractivity contribution in [3.8, 4) is 0 Å². The van der Waals surface area contributed by atoms with Crippen molar-refractivity contribution in [3.05, 3.63) is 41.0 Å².